The highest BCUT2D eigenvalue weighted by molar-refractivity contribution is 5.98. The van der Waals surface area contributed by atoms with Crippen molar-refractivity contribution in [3.63, 3.8) is 0 Å². The summed E-state index contributed by atoms with van der Waals surface area (Å²) in [6.45, 7) is 0.410. The highest BCUT2D eigenvalue weighted by atomic mass is 16.6. The summed E-state index contributed by atoms with van der Waals surface area (Å²) in [5.74, 6) is 0.373. The molecule has 0 aliphatic rings. The van der Waals surface area contributed by atoms with Crippen LogP contribution in [0.5, 0.6) is 5.75 Å². The Labute approximate surface area is 151 Å². The molecule has 0 fully saturated rings. The van der Waals surface area contributed by atoms with Gasteiger partial charge in [0, 0.05) is 37.1 Å². The summed E-state index contributed by atoms with van der Waals surface area (Å²) in [6.07, 6.45) is 0.816. The number of non-ortho nitro benzene ring substituents is 1. The second-order valence-electron chi connectivity index (χ2n) is 5.68. The minimum Gasteiger partial charge on any atom is -0.497 e. The molecule has 0 spiro atoms. The summed E-state index contributed by atoms with van der Waals surface area (Å²) in [5, 5.41) is 13.3. The van der Waals surface area contributed by atoms with Gasteiger partial charge in [-0.1, -0.05) is 12.1 Å². The first-order valence-corrected chi connectivity index (χ1v) is 8.17. The topological polar surface area (TPSA) is 98.5 Å². The van der Waals surface area contributed by atoms with Crippen molar-refractivity contribution in [2.75, 3.05) is 13.7 Å². The molecule has 0 saturated heterocycles. The summed E-state index contributed by atoms with van der Waals surface area (Å²) < 4.78 is 5.04. The van der Waals surface area contributed by atoms with Gasteiger partial charge < -0.3 is 10.1 Å². The van der Waals surface area contributed by atoms with Crippen molar-refractivity contribution in [3.8, 4) is 5.75 Å². The first-order chi connectivity index (χ1) is 12.5. The number of hydrogen-bond donors (Lipinski definition) is 1. The number of ketones is 1. The van der Waals surface area contributed by atoms with Gasteiger partial charge in [-0.2, -0.15) is 0 Å². The van der Waals surface area contributed by atoms with Crippen LogP contribution in [0.4, 0.5) is 5.69 Å². The Kier molecular flexibility index (Phi) is 6.84. The van der Waals surface area contributed by atoms with Gasteiger partial charge >= 0.3 is 0 Å². The van der Waals surface area contributed by atoms with Gasteiger partial charge in [-0.3, -0.25) is 19.7 Å². The lowest BCUT2D eigenvalue weighted by Gasteiger charge is -2.06. The predicted octanol–water partition coefficient (Wildman–Crippen LogP) is 2.93. The Morgan fingerprint density at radius 2 is 1.69 bits per heavy atom. The largest absolute Gasteiger partial charge is 0.497 e. The number of amides is 1. The van der Waals surface area contributed by atoms with Crippen LogP contribution in [0.25, 0.3) is 0 Å². The number of benzene rings is 2. The highest BCUT2D eigenvalue weighted by Gasteiger charge is 2.10. The molecule has 7 heteroatoms. The minimum atomic E-state index is -0.453. The smallest absolute Gasteiger partial charge is 0.269 e. The molecule has 0 aliphatic carbocycles. The molecule has 2 aromatic carbocycles. The number of ether oxygens (including phenoxy) is 1. The van der Waals surface area contributed by atoms with E-state index >= 15 is 0 Å². The second-order valence-corrected chi connectivity index (χ2v) is 5.68. The van der Waals surface area contributed by atoms with Crippen molar-refractivity contribution in [2.45, 2.75) is 19.3 Å². The molecule has 0 bridgehead atoms. The molecule has 136 valence electrons. The third-order valence-electron chi connectivity index (χ3n) is 3.87. The third-order valence-corrected chi connectivity index (χ3v) is 3.87. The number of hydrogen-bond acceptors (Lipinski definition) is 5. The first kappa shape index (κ1) is 19.1. The summed E-state index contributed by atoms with van der Waals surface area (Å²) in [6, 6.07) is 13.0. The van der Waals surface area contributed by atoms with E-state index in [0.717, 1.165) is 5.56 Å². The van der Waals surface area contributed by atoms with E-state index in [1.165, 1.54) is 12.1 Å². The maximum Gasteiger partial charge on any atom is 0.269 e. The number of carbonyl (C=O) groups is 2. The number of rotatable bonds is 9. The van der Waals surface area contributed by atoms with Gasteiger partial charge in [0.2, 0.25) is 5.91 Å². The van der Waals surface area contributed by atoms with E-state index in [4.69, 9.17) is 4.74 Å². The predicted molar refractivity (Wildman–Crippen MR) is 96.4 cm³/mol. The van der Waals surface area contributed by atoms with E-state index in [1.807, 2.05) is 0 Å². The van der Waals surface area contributed by atoms with Gasteiger partial charge in [-0.15, -0.1) is 0 Å². The van der Waals surface area contributed by atoms with E-state index in [0.29, 0.717) is 24.3 Å². The summed E-state index contributed by atoms with van der Waals surface area (Å²) >= 11 is 0. The van der Waals surface area contributed by atoms with Gasteiger partial charge in [0.1, 0.15) is 5.75 Å². The zero-order valence-electron chi connectivity index (χ0n) is 14.4. The second kappa shape index (κ2) is 9.31. The molecule has 7 nitrogen and oxygen atoms in total. The molecule has 0 saturated carbocycles. The van der Waals surface area contributed by atoms with Gasteiger partial charge in [-0.05, 0) is 36.2 Å². The Morgan fingerprint density at radius 3 is 2.27 bits per heavy atom. The van der Waals surface area contributed by atoms with E-state index in [-0.39, 0.29) is 30.2 Å². The molecule has 0 heterocycles. The normalized spacial score (nSPS) is 10.2. The highest BCUT2D eigenvalue weighted by Crippen LogP contribution is 2.14. The van der Waals surface area contributed by atoms with E-state index in [9.17, 15) is 19.7 Å². The molecule has 0 aliphatic heterocycles. The fourth-order valence-electron chi connectivity index (χ4n) is 2.37. The van der Waals surface area contributed by atoms with E-state index in [1.54, 1.807) is 43.5 Å². The molecule has 1 N–H and O–H groups in total. The molecular weight excluding hydrogens is 336 g/mol. The molecule has 0 radical (unpaired) electrons. The molecule has 0 atom stereocenters. The summed E-state index contributed by atoms with van der Waals surface area (Å²) in [5.41, 5.74) is 1.48. The third kappa shape index (κ3) is 5.70. The van der Waals surface area contributed by atoms with Crippen molar-refractivity contribution < 1.29 is 19.2 Å². The van der Waals surface area contributed by atoms with Crippen molar-refractivity contribution in [1.29, 1.82) is 0 Å². The number of Topliss-reactive ketones (excluding diaryl/α,β-unsaturated/α-hetero) is 1. The van der Waals surface area contributed by atoms with E-state index < -0.39 is 4.92 Å². The standard InChI is InChI=1S/C19H20N2O5/c1-26-17-8-4-15(5-9-17)18(22)10-11-19(23)20-13-12-14-2-6-16(7-3-14)21(24)25/h2-9H,10-13H2,1H3,(H,20,23). The molecular formula is C19H20N2O5. The number of nitrogens with zero attached hydrogens (tertiary/aromatic N) is 1. The number of nitro benzene ring substituents is 1. The lowest BCUT2D eigenvalue weighted by molar-refractivity contribution is -0.384. The van der Waals surface area contributed by atoms with Crippen LogP contribution in [-0.2, 0) is 11.2 Å². The Bertz CT molecular complexity index is 770. The Hall–Kier alpha value is -3.22. The maximum absolute atomic E-state index is 12.1. The van der Waals surface area contributed by atoms with Gasteiger partial charge in [0.05, 0.1) is 12.0 Å². The summed E-state index contributed by atoms with van der Waals surface area (Å²) in [7, 11) is 1.55. The van der Waals surface area contributed by atoms with Crippen molar-refractivity contribution >= 4 is 17.4 Å². The molecule has 2 aromatic rings. The first-order valence-electron chi connectivity index (χ1n) is 8.17. The number of methoxy groups -OCH3 is 1. The van der Waals surface area contributed by atoms with Crippen LogP contribution >= 0.6 is 0 Å². The monoisotopic (exact) mass is 356 g/mol. The summed E-state index contributed by atoms with van der Waals surface area (Å²) in [4.78, 5) is 34.0. The molecule has 1 amide bonds. The lowest BCUT2D eigenvalue weighted by Crippen LogP contribution is -2.26. The van der Waals surface area contributed by atoms with Gasteiger partial charge in [-0.25, -0.2) is 0 Å². The molecule has 0 unspecified atom stereocenters. The molecule has 2 rings (SSSR count). The van der Waals surface area contributed by atoms with Crippen molar-refractivity contribution in [1.82, 2.24) is 5.32 Å². The van der Waals surface area contributed by atoms with Crippen LogP contribution in [-0.4, -0.2) is 30.3 Å². The SMILES string of the molecule is COc1ccc(C(=O)CCC(=O)NCCc2ccc([N+](=O)[O-])cc2)cc1. The zero-order valence-corrected chi connectivity index (χ0v) is 14.4. The fraction of sp³-hybridized carbons (Fsp3) is 0.263. The average Bonchev–Trinajstić information content (AvgIpc) is 2.66. The maximum atomic E-state index is 12.1. The van der Waals surface area contributed by atoms with Crippen LogP contribution in [0.1, 0.15) is 28.8 Å². The van der Waals surface area contributed by atoms with Crippen LogP contribution in [0.2, 0.25) is 0 Å². The van der Waals surface area contributed by atoms with Crippen LogP contribution in [0.3, 0.4) is 0 Å². The quantitative estimate of drug-likeness (QED) is 0.423. The van der Waals surface area contributed by atoms with Crippen LogP contribution in [0, 0.1) is 10.1 Å². The average molecular weight is 356 g/mol. The van der Waals surface area contributed by atoms with Crippen molar-refractivity contribution in [3.05, 3.63) is 69.8 Å². The number of nitrogens with one attached hydrogen (secondary N) is 1. The number of carbonyl (C=O) groups excluding carboxylic acids is 2. The van der Waals surface area contributed by atoms with Gasteiger partial charge in [0.25, 0.3) is 5.69 Å². The van der Waals surface area contributed by atoms with Gasteiger partial charge in [0.15, 0.2) is 5.78 Å². The Balaban J connectivity index is 1.71. The van der Waals surface area contributed by atoms with Crippen molar-refractivity contribution in [2.24, 2.45) is 0 Å². The fourth-order valence-corrected chi connectivity index (χ4v) is 2.37. The zero-order chi connectivity index (χ0) is 18.9. The Morgan fingerprint density at radius 1 is 1.04 bits per heavy atom. The number of nitro groups is 1. The molecule has 26 heavy (non-hydrogen) atoms. The van der Waals surface area contributed by atoms with Crippen LogP contribution in [0.15, 0.2) is 48.5 Å². The van der Waals surface area contributed by atoms with E-state index in [2.05, 4.69) is 5.32 Å². The van der Waals surface area contributed by atoms with Crippen LogP contribution < -0.4 is 10.1 Å². The molecule has 0 aromatic heterocycles. The minimum absolute atomic E-state index is 0.0369. The lowest BCUT2D eigenvalue weighted by atomic mass is 10.1.